The van der Waals surface area contributed by atoms with Crippen LogP contribution in [0.5, 0.6) is 0 Å². The van der Waals surface area contributed by atoms with Crippen molar-refractivity contribution in [2.24, 2.45) is 0 Å². The number of hydrogen-bond acceptors (Lipinski definition) is 6. The summed E-state index contributed by atoms with van der Waals surface area (Å²) in [6, 6.07) is 0. The molecule has 0 bridgehead atoms. The Kier molecular flexibility index (Phi) is 53.5. The Labute approximate surface area is 234 Å². The molecule has 0 fully saturated rings. The van der Waals surface area contributed by atoms with Gasteiger partial charge >= 0.3 is 154 Å². The zero-order valence-electron chi connectivity index (χ0n) is 10.7. The van der Waals surface area contributed by atoms with Crippen molar-refractivity contribution in [1.82, 2.24) is 0 Å². The van der Waals surface area contributed by atoms with Gasteiger partial charge in [-0.15, -0.1) is 0 Å². The molecule has 0 aliphatic carbocycles. The summed E-state index contributed by atoms with van der Waals surface area (Å²) in [6.45, 7) is 4.44. The average molecular weight is 363 g/mol. The summed E-state index contributed by atoms with van der Waals surface area (Å²) in [4.78, 5) is 25.6. The van der Waals surface area contributed by atoms with E-state index >= 15 is 0 Å². The minimum Gasteiger partial charge on any atom is -0.822 e. The van der Waals surface area contributed by atoms with E-state index < -0.39 is 7.82 Å². The SMILES string of the molecule is CCCSSCCC.O=P([O-])([O-])[O-].[K+].[K+].[K+]. The number of rotatable bonds is 5. The van der Waals surface area contributed by atoms with E-state index in [0.29, 0.717) is 0 Å². The van der Waals surface area contributed by atoms with Gasteiger partial charge in [-0.1, -0.05) is 35.4 Å². The normalized spacial score (nSPS) is 8.56. The van der Waals surface area contributed by atoms with Crippen LogP contribution in [0.1, 0.15) is 26.7 Å². The minimum absolute atomic E-state index is 0. The summed E-state index contributed by atoms with van der Waals surface area (Å²) in [5.41, 5.74) is 0. The number of hydrogen-bond donors (Lipinski definition) is 0. The van der Waals surface area contributed by atoms with Crippen LogP contribution in [0.4, 0.5) is 0 Å². The van der Waals surface area contributed by atoms with Crippen molar-refractivity contribution < 1.29 is 173 Å². The fraction of sp³-hybridized carbons (Fsp3) is 1.00. The standard InChI is InChI=1S/C6H14S2.3K.H3O4P/c1-3-5-7-8-6-4-2;;;;1-5(2,3)4/h3-6H2,1-2H3;;;;(H3,1,2,3,4)/q;3*+1;/p-3. The van der Waals surface area contributed by atoms with Gasteiger partial charge < -0.3 is 19.2 Å². The second-order valence-corrected chi connectivity index (χ2v) is 5.69. The summed E-state index contributed by atoms with van der Waals surface area (Å²) in [7, 11) is -1.40. The first-order valence-corrected chi connectivity index (χ1v) is 7.84. The van der Waals surface area contributed by atoms with Crippen LogP contribution in [-0.4, -0.2) is 11.5 Å². The van der Waals surface area contributed by atoms with Crippen molar-refractivity contribution in [3.63, 3.8) is 0 Å². The molecule has 0 spiro atoms. The smallest absolute Gasteiger partial charge is 0.822 e. The average Bonchev–Trinajstić information content (AvgIpc) is 1.95. The zero-order chi connectivity index (χ0) is 10.7. The van der Waals surface area contributed by atoms with Crippen molar-refractivity contribution in [2.45, 2.75) is 26.7 Å². The molecule has 0 aliphatic heterocycles. The molecule has 0 saturated carbocycles. The van der Waals surface area contributed by atoms with Crippen molar-refractivity contribution in [2.75, 3.05) is 11.5 Å². The quantitative estimate of drug-likeness (QED) is 0.209. The molecule has 16 heavy (non-hydrogen) atoms. The molecular formula is C6H14K3O4PS2. The van der Waals surface area contributed by atoms with Crippen molar-refractivity contribution in [3.8, 4) is 0 Å². The maximum absolute atomic E-state index is 8.55. The van der Waals surface area contributed by atoms with Gasteiger partial charge in [-0.25, -0.2) is 0 Å². The zero-order valence-corrected chi connectivity index (χ0v) is 22.6. The molecule has 0 rings (SSSR count). The Morgan fingerprint density at radius 3 is 1.19 bits per heavy atom. The predicted molar refractivity (Wildman–Crippen MR) is 53.1 cm³/mol. The Balaban J connectivity index is -0.0000000454. The topological polar surface area (TPSA) is 86.2 Å². The van der Waals surface area contributed by atoms with Gasteiger partial charge in [0.1, 0.15) is 0 Å². The molecule has 0 aromatic carbocycles. The van der Waals surface area contributed by atoms with Gasteiger partial charge in [-0.3, -0.25) is 0 Å². The van der Waals surface area contributed by atoms with Gasteiger partial charge in [0, 0.05) is 11.5 Å². The Bertz CT molecular complexity index is 135. The van der Waals surface area contributed by atoms with E-state index in [1.165, 1.54) is 24.3 Å². The van der Waals surface area contributed by atoms with Gasteiger partial charge in [0.05, 0.1) is 0 Å². The largest absolute Gasteiger partial charge is 1.00 e. The molecule has 0 unspecified atom stereocenters. The maximum Gasteiger partial charge on any atom is 1.00 e. The summed E-state index contributed by atoms with van der Waals surface area (Å²) < 4.78 is 8.55. The summed E-state index contributed by atoms with van der Waals surface area (Å²) in [6.07, 6.45) is 2.61. The van der Waals surface area contributed by atoms with Crippen LogP contribution in [0.25, 0.3) is 0 Å². The van der Waals surface area contributed by atoms with Crippen LogP contribution in [-0.2, 0) is 4.57 Å². The fourth-order valence-electron chi connectivity index (χ4n) is 0.285. The molecule has 4 nitrogen and oxygen atoms in total. The summed E-state index contributed by atoms with van der Waals surface area (Å²) >= 11 is 0. The Hall–Kier alpha value is 5.72. The molecular weight excluding hydrogens is 348 g/mol. The van der Waals surface area contributed by atoms with Crippen LogP contribution >= 0.6 is 29.4 Å². The molecule has 82 valence electrons. The molecule has 0 atom stereocenters. The minimum atomic E-state index is -5.39. The third-order valence-electron chi connectivity index (χ3n) is 0.658. The Morgan fingerprint density at radius 2 is 1.06 bits per heavy atom. The van der Waals surface area contributed by atoms with Gasteiger partial charge in [0.25, 0.3) is 0 Å². The summed E-state index contributed by atoms with van der Waals surface area (Å²) in [5.74, 6) is 2.62. The van der Waals surface area contributed by atoms with Gasteiger partial charge in [-0.05, 0) is 12.8 Å². The van der Waals surface area contributed by atoms with Crippen molar-refractivity contribution in [1.29, 1.82) is 0 Å². The molecule has 0 saturated heterocycles. The molecule has 0 aromatic rings. The van der Waals surface area contributed by atoms with E-state index in [2.05, 4.69) is 13.8 Å². The third-order valence-corrected chi connectivity index (χ3v) is 3.47. The van der Waals surface area contributed by atoms with E-state index in [4.69, 9.17) is 19.2 Å². The first-order chi connectivity index (χ1) is 5.91. The maximum atomic E-state index is 8.55. The molecule has 0 amide bonds. The summed E-state index contributed by atoms with van der Waals surface area (Å²) in [5, 5.41) is 0. The molecule has 0 heterocycles. The van der Waals surface area contributed by atoms with Gasteiger partial charge in [-0.2, -0.15) is 7.82 Å². The molecule has 0 N–H and O–H groups in total. The molecule has 10 heteroatoms. The number of phosphoric acid groups is 1. The van der Waals surface area contributed by atoms with Gasteiger partial charge in [0.15, 0.2) is 0 Å². The van der Waals surface area contributed by atoms with E-state index in [-0.39, 0.29) is 154 Å². The van der Waals surface area contributed by atoms with Gasteiger partial charge in [0.2, 0.25) is 0 Å². The van der Waals surface area contributed by atoms with Crippen LogP contribution in [0.3, 0.4) is 0 Å². The van der Waals surface area contributed by atoms with Crippen molar-refractivity contribution in [3.05, 3.63) is 0 Å². The third kappa shape index (κ3) is 60.1. The second-order valence-electron chi connectivity index (χ2n) is 2.09. The Morgan fingerprint density at radius 1 is 0.875 bits per heavy atom. The van der Waals surface area contributed by atoms with Crippen LogP contribution in [0.2, 0.25) is 0 Å². The second kappa shape index (κ2) is 25.7. The van der Waals surface area contributed by atoms with E-state index in [9.17, 15) is 0 Å². The first-order valence-electron chi connectivity index (χ1n) is 3.89. The van der Waals surface area contributed by atoms with E-state index in [1.807, 2.05) is 21.6 Å². The predicted octanol–water partition coefficient (Wildman–Crippen LogP) is -8.62. The van der Waals surface area contributed by atoms with E-state index in [1.54, 1.807) is 0 Å². The van der Waals surface area contributed by atoms with Crippen LogP contribution < -0.4 is 169 Å². The first kappa shape index (κ1) is 33.4. The molecule has 0 radical (unpaired) electrons. The monoisotopic (exact) mass is 362 g/mol. The van der Waals surface area contributed by atoms with Crippen LogP contribution in [0.15, 0.2) is 0 Å². The van der Waals surface area contributed by atoms with Crippen molar-refractivity contribution >= 4 is 29.4 Å². The molecule has 0 aliphatic rings. The molecule has 0 aromatic heterocycles. The van der Waals surface area contributed by atoms with Crippen LogP contribution in [0, 0.1) is 0 Å². The van der Waals surface area contributed by atoms with E-state index in [0.717, 1.165) is 0 Å². The fourth-order valence-corrected chi connectivity index (χ4v) is 2.56.